The van der Waals surface area contributed by atoms with E-state index >= 15 is 0 Å². The van der Waals surface area contributed by atoms with E-state index in [-0.39, 0.29) is 5.91 Å². The van der Waals surface area contributed by atoms with E-state index in [1.807, 2.05) is 36.2 Å². The fourth-order valence-corrected chi connectivity index (χ4v) is 3.28. The van der Waals surface area contributed by atoms with Crippen LogP contribution in [0.15, 0.2) is 48.9 Å². The lowest BCUT2D eigenvalue weighted by atomic mass is 9.99. The molecule has 1 aromatic carbocycles. The largest absolute Gasteiger partial charge is 0.336 e. The number of amides is 1. The van der Waals surface area contributed by atoms with Crippen molar-refractivity contribution >= 4 is 5.91 Å². The van der Waals surface area contributed by atoms with E-state index in [1.54, 1.807) is 12.4 Å². The highest BCUT2D eigenvalue weighted by molar-refractivity contribution is 5.92. The Labute approximate surface area is 152 Å². The number of benzene rings is 1. The average Bonchev–Trinajstić information content (AvgIpc) is 2.99. The lowest BCUT2D eigenvalue weighted by Gasteiger charge is -2.39. The third-order valence-electron chi connectivity index (χ3n) is 4.77. The number of rotatable bonds is 4. The Morgan fingerprint density at radius 3 is 2.50 bits per heavy atom. The average molecular weight is 347 g/mol. The van der Waals surface area contributed by atoms with Gasteiger partial charge in [-0.05, 0) is 13.8 Å². The third kappa shape index (κ3) is 3.10. The first-order valence-electron chi connectivity index (χ1n) is 8.77. The zero-order chi connectivity index (χ0) is 18.1. The third-order valence-corrected chi connectivity index (χ3v) is 4.77. The maximum absolute atomic E-state index is 12.4. The molecular weight excluding hydrogens is 326 g/mol. The van der Waals surface area contributed by atoms with Gasteiger partial charge in [-0.3, -0.25) is 9.78 Å². The molecule has 1 aliphatic rings. The molecule has 3 heterocycles. The van der Waals surface area contributed by atoms with Crippen LogP contribution in [0.5, 0.6) is 0 Å². The minimum Gasteiger partial charge on any atom is -0.336 e. The standard InChI is InChI=1S/C20H21N5O/c1-14-8-22-18(10-21-14)20(26)24-11-16(12-24)13-25-15(2)9-23-19(25)17-6-4-3-5-7-17/h3-10,16H,11-13H2,1-2H3. The minimum atomic E-state index is -0.0422. The van der Waals surface area contributed by atoms with Gasteiger partial charge in [-0.15, -0.1) is 0 Å². The van der Waals surface area contributed by atoms with Crippen molar-refractivity contribution in [3.8, 4) is 11.4 Å². The van der Waals surface area contributed by atoms with Gasteiger partial charge in [0.2, 0.25) is 0 Å². The number of likely N-dealkylation sites (tertiary alicyclic amines) is 1. The minimum absolute atomic E-state index is 0.0422. The smallest absolute Gasteiger partial charge is 0.274 e. The van der Waals surface area contributed by atoms with Crippen molar-refractivity contribution in [2.24, 2.45) is 5.92 Å². The second kappa shape index (κ2) is 6.71. The van der Waals surface area contributed by atoms with Gasteiger partial charge in [0.25, 0.3) is 5.91 Å². The molecule has 4 rings (SSSR count). The highest BCUT2D eigenvalue weighted by Crippen LogP contribution is 2.25. The van der Waals surface area contributed by atoms with E-state index in [0.717, 1.165) is 42.4 Å². The predicted octanol–water partition coefficient (Wildman–Crippen LogP) is 2.73. The van der Waals surface area contributed by atoms with Crippen LogP contribution in [-0.2, 0) is 6.54 Å². The Hall–Kier alpha value is -3.02. The van der Waals surface area contributed by atoms with E-state index in [9.17, 15) is 4.79 Å². The van der Waals surface area contributed by atoms with Crippen LogP contribution in [0.2, 0.25) is 0 Å². The summed E-state index contributed by atoms with van der Waals surface area (Å²) in [5.74, 6) is 1.37. The van der Waals surface area contributed by atoms with Gasteiger partial charge < -0.3 is 9.47 Å². The molecule has 1 saturated heterocycles. The molecule has 1 aliphatic heterocycles. The van der Waals surface area contributed by atoms with Crippen LogP contribution in [-0.4, -0.2) is 43.4 Å². The SMILES string of the molecule is Cc1cnc(C(=O)N2CC(Cn3c(C)cnc3-c3ccccc3)C2)cn1. The quantitative estimate of drug-likeness (QED) is 0.728. The Morgan fingerprint density at radius 2 is 1.81 bits per heavy atom. The Balaban J connectivity index is 1.43. The zero-order valence-corrected chi connectivity index (χ0v) is 15.0. The van der Waals surface area contributed by atoms with Crippen LogP contribution in [0.4, 0.5) is 0 Å². The number of aromatic nitrogens is 4. The first-order valence-corrected chi connectivity index (χ1v) is 8.77. The monoisotopic (exact) mass is 347 g/mol. The van der Waals surface area contributed by atoms with E-state index in [0.29, 0.717) is 11.6 Å². The zero-order valence-electron chi connectivity index (χ0n) is 15.0. The van der Waals surface area contributed by atoms with Crippen LogP contribution in [0.1, 0.15) is 21.9 Å². The van der Waals surface area contributed by atoms with E-state index < -0.39 is 0 Å². The van der Waals surface area contributed by atoms with Gasteiger partial charge in [-0.1, -0.05) is 30.3 Å². The molecule has 1 fully saturated rings. The number of hydrogen-bond acceptors (Lipinski definition) is 4. The molecule has 6 heteroatoms. The molecule has 6 nitrogen and oxygen atoms in total. The van der Waals surface area contributed by atoms with Gasteiger partial charge in [-0.25, -0.2) is 9.97 Å². The molecule has 132 valence electrons. The number of aryl methyl sites for hydroxylation is 2. The van der Waals surface area contributed by atoms with Gasteiger partial charge >= 0.3 is 0 Å². The lowest BCUT2D eigenvalue weighted by molar-refractivity contribution is 0.0462. The van der Waals surface area contributed by atoms with Crippen LogP contribution < -0.4 is 0 Å². The molecule has 0 atom stereocenters. The Bertz CT molecular complexity index is 911. The molecule has 0 saturated carbocycles. The van der Waals surface area contributed by atoms with Crippen molar-refractivity contribution in [2.45, 2.75) is 20.4 Å². The fourth-order valence-electron chi connectivity index (χ4n) is 3.28. The number of imidazole rings is 1. The lowest BCUT2D eigenvalue weighted by Crippen LogP contribution is -2.51. The van der Waals surface area contributed by atoms with Crippen molar-refractivity contribution in [3.05, 3.63) is 66.0 Å². The Morgan fingerprint density at radius 1 is 1.04 bits per heavy atom. The number of carbonyl (C=O) groups excluding carboxylic acids is 1. The first kappa shape index (κ1) is 16.4. The van der Waals surface area contributed by atoms with Crippen LogP contribution in [0, 0.1) is 19.8 Å². The van der Waals surface area contributed by atoms with Crippen molar-refractivity contribution in [1.29, 1.82) is 0 Å². The molecule has 0 bridgehead atoms. The maximum atomic E-state index is 12.4. The van der Waals surface area contributed by atoms with Gasteiger partial charge in [0.05, 0.1) is 11.9 Å². The summed E-state index contributed by atoms with van der Waals surface area (Å²) in [5.41, 5.74) is 3.48. The van der Waals surface area contributed by atoms with Crippen molar-refractivity contribution in [2.75, 3.05) is 13.1 Å². The second-order valence-corrected chi connectivity index (χ2v) is 6.82. The summed E-state index contributed by atoms with van der Waals surface area (Å²) in [6.07, 6.45) is 5.09. The molecular formula is C20H21N5O. The Kier molecular flexibility index (Phi) is 4.24. The number of hydrogen-bond donors (Lipinski definition) is 0. The topological polar surface area (TPSA) is 63.9 Å². The molecule has 1 amide bonds. The molecule has 0 unspecified atom stereocenters. The van der Waals surface area contributed by atoms with Gasteiger partial charge in [-0.2, -0.15) is 0 Å². The number of carbonyl (C=O) groups is 1. The normalized spacial score (nSPS) is 14.3. The summed E-state index contributed by atoms with van der Waals surface area (Å²) >= 11 is 0. The highest BCUT2D eigenvalue weighted by Gasteiger charge is 2.32. The van der Waals surface area contributed by atoms with Gasteiger partial charge in [0.15, 0.2) is 0 Å². The van der Waals surface area contributed by atoms with Crippen molar-refractivity contribution in [3.63, 3.8) is 0 Å². The molecule has 2 aromatic heterocycles. The summed E-state index contributed by atoms with van der Waals surface area (Å²) in [4.78, 5) is 27.2. The van der Waals surface area contributed by atoms with Crippen molar-refractivity contribution < 1.29 is 4.79 Å². The number of nitrogens with zero attached hydrogens (tertiary/aromatic N) is 5. The predicted molar refractivity (Wildman–Crippen MR) is 98.6 cm³/mol. The molecule has 26 heavy (non-hydrogen) atoms. The van der Waals surface area contributed by atoms with Crippen LogP contribution in [0.3, 0.4) is 0 Å². The summed E-state index contributed by atoms with van der Waals surface area (Å²) < 4.78 is 2.24. The summed E-state index contributed by atoms with van der Waals surface area (Å²) in [7, 11) is 0. The van der Waals surface area contributed by atoms with E-state index in [1.165, 1.54) is 0 Å². The van der Waals surface area contributed by atoms with Crippen LogP contribution in [0.25, 0.3) is 11.4 Å². The highest BCUT2D eigenvalue weighted by atomic mass is 16.2. The molecule has 0 aliphatic carbocycles. The van der Waals surface area contributed by atoms with Gasteiger partial charge in [0.1, 0.15) is 11.5 Å². The fraction of sp³-hybridized carbons (Fsp3) is 0.300. The maximum Gasteiger partial charge on any atom is 0.274 e. The summed E-state index contributed by atoms with van der Waals surface area (Å²) in [6.45, 7) is 6.27. The summed E-state index contributed by atoms with van der Waals surface area (Å²) in [5, 5.41) is 0. The summed E-state index contributed by atoms with van der Waals surface area (Å²) in [6, 6.07) is 10.2. The van der Waals surface area contributed by atoms with E-state index in [2.05, 4.69) is 38.6 Å². The molecule has 0 N–H and O–H groups in total. The molecule has 0 spiro atoms. The van der Waals surface area contributed by atoms with Gasteiger partial charge in [0, 0.05) is 49.2 Å². The molecule has 0 radical (unpaired) electrons. The first-order chi connectivity index (χ1) is 12.6. The van der Waals surface area contributed by atoms with Crippen molar-refractivity contribution in [1.82, 2.24) is 24.4 Å². The molecule has 3 aromatic rings. The van der Waals surface area contributed by atoms with E-state index in [4.69, 9.17) is 0 Å². The second-order valence-electron chi connectivity index (χ2n) is 6.82. The van der Waals surface area contributed by atoms with Crippen LogP contribution >= 0.6 is 0 Å².